The number of aryl methyl sites for hydroxylation is 2. The van der Waals surface area contributed by atoms with Crippen LogP contribution < -0.4 is 4.90 Å². The first-order valence-corrected chi connectivity index (χ1v) is 12.4. The van der Waals surface area contributed by atoms with E-state index in [1.54, 1.807) is 16.1 Å². The van der Waals surface area contributed by atoms with Crippen LogP contribution in [-0.2, 0) is 22.9 Å². The molecule has 0 N–H and O–H groups in total. The first kappa shape index (κ1) is 19.0. The third-order valence-corrected chi connectivity index (χ3v) is 9.31. The van der Waals surface area contributed by atoms with E-state index in [2.05, 4.69) is 47.4 Å². The lowest BCUT2D eigenvalue weighted by Gasteiger charge is -2.25. The standard InChI is InChI=1S/C23H24N2O2S2/c1-24(2)19-10-6-18(7-11-19)23-25(14-15-28-23)29(26,27)21-13-9-17-5-3-4-16-8-12-20(21)22(16)17/h3-7,9-11,13,23H,8,12,14-15H2,1-2H3. The summed E-state index contributed by atoms with van der Waals surface area (Å²) in [4.78, 5) is 2.54. The first-order chi connectivity index (χ1) is 14.0. The van der Waals surface area contributed by atoms with Gasteiger partial charge in [0, 0.05) is 32.1 Å². The number of thioether (sulfide) groups is 1. The van der Waals surface area contributed by atoms with Crippen LogP contribution in [0.15, 0.2) is 59.5 Å². The molecule has 1 unspecified atom stereocenters. The van der Waals surface area contributed by atoms with Crippen molar-refractivity contribution in [3.05, 3.63) is 71.3 Å². The Kier molecular flexibility index (Phi) is 4.61. The van der Waals surface area contributed by atoms with Crippen molar-refractivity contribution in [3.8, 4) is 0 Å². The highest BCUT2D eigenvalue weighted by Gasteiger charge is 2.38. The Morgan fingerprint density at radius 3 is 2.55 bits per heavy atom. The summed E-state index contributed by atoms with van der Waals surface area (Å²) in [6.45, 7) is 0.548. The summed E-state index contributed by atoms with van der Waals surface area (Å²) >= 11 is 1.70. The lowest BCUT2D eigenvalue weighted by atomic mass is 10.1. The van der Waals surface area contributed by atoms with Gasteiger partial charge in [0.25, 0.3) is 0 Å². The van der Waals surface area contributed by atoms with Crippen LogP contribution in [0.4, 0.5) is 5.69 Å². The van der Waals surface area contributed by atoms with Gasteiger partial charge in [0.15, 0.2) is 0 Å². The van der Waals surface area contributed by atoms with E-state index in [1.807, 2.05) is 26.2 Å². The maximum absolute atomic E-state index is 13.7. The molecule has 3 aromatic rings. The van der Waals surface area contributed by atoms with Gasteiger partial charge in [-0.15, -0.1) is 11.8 Å². The number of anilines is 1. The van der Waals surface area contributed by atoms with Crippen LogP contribution in [0, 0.1) is 0 Å². The molecule has 1 aliphatic heterocycles. The molecule has 1 heterocycles. The number of benzene rings is 3. The molecule has 1 fully saturated rings. The molecule has 6 heteroatoms. The molecule has 0 aromatic heterocycles. The second kappa shape index (κ2) is 7.04. The summed E-state index contributed by atoms with van der Waals surface area (Å²) < 4.78 is 29.2. The second-order valence-electron chi connectivity index (χ2n) is 7.88. The minimum atomic E-state index is -3.56. The van der Waals surface area contributed by atoms with Crippen LogP contribution in [0.2, 0.25) is 0 Å². The molecule has 0 bridgehead atoms. The summed E-state index contributed by atoms with van der Waals surface area (Å²) in [5, 5.41) is 2.11. The maximum Gasteiger partial charge on any atom is 0.244 e. The van der Waals surface area contributed by atoms with Gasteiger partial charge in [0.1, 0.15) is 0 Å². The van der Waals surface area contributed by atoms with Crippen molar-refractivity contribution in [2.75, 3.05) is 31.3 Å². The molecular formula is C23H24N2O2S2. The van der Waals surface area contributed by atoms with Crippen LogP contribution in [-0.4, -0.2) is 39.1 Å². The van der Waals surface area contributed by atoms with Crippen LogP contribution in [0.3, 0.4) is 0 Å². The van der Waals surface area contributed by atoms with Crippen molar-refractivity contribution in [1.82, 2.24) is 4.31 Å². The number of rotatable bonds is 4. The fraction of sp³-hybridized carbons (Fsp3) is 0.304. The summed E-state index contributed by atoms with van der Waals surface area (Å²) in [5.41, 5.74) is 4.42. The monoisotopic (exact) mass is 424 g/mol. The largest absolute Gasteiger partial charge is 0.378 e. The van der Waals surface area contributed by atoms with Crippen LogP contribution >= 0.6 is 11.8 Å². The van der Waals surface area contributed by atoms with Crippen molar-refractivity contribution >= 4 is 38.2 Å². The molecule has 3 aromatic carbocycles. The maximum atomic E-state index is 13.7. The van der Waals surface area contributed by atoms with E-state index >= 15 is 0 Å². The Bertz CT molecular complexity index is 1190. The lowest BCUT2D eigenvalue weighted by molar-refractivity contribution is 0.434. The van der Waals surface area contributed by atoms with Crippen molar-refractivity contribution in [1.29, 1.82) is 0 Å². The van der Waals surface area contributed by atoms with Crippen molar-refractivity contribution < 1.29 is 8.42 Å². The zero-order valence-corrected chi connectivity index (χ0v) is 18.3. The molecule has 1 saturated heterocycles. The van der Waals surface area contributed by atoms with E-state index in [9.17, 15) is 8.42 Å². The molecule has 29 heavy (non-hydrogen) atoms. The SMILES string of the molecule is CN(C)c1ccc(C2SCCN2S(=O)(=O)c2ccc3cccc4c3c2CC4)cc1. The zero-order chi connectivity index (χ0) is 20.2. The predicted molar refractivity (Wildman–Crippen MR) is 121 cm³/mol. The van der Waals surface area contributed by atoms with E-state index in [4.69, 9.17) is 0 Å². The van der Waals surface area contributed by atoms with Gasteiger partial charge < -0.3 is 4.90 Å². The molecule has 150 valence electrons. The molecule has 0 spiro atoms. The van der Waals surface area contributed by atoms with E-state index in [-0.39, 0.29) is 5.37 Å². The first-order valence-electron chi connectivity index (χ1n) is 9.91. The van der Waals surface area contributed by atoms with Gasteiger partial charge in [0.2, 0.25) is 10.0 Å². The topological polar surface area (TPSA) is 40.6 Å². The number of nitrogens with zero attached hydrogens (tertiary/aromatic N) is 2. The molecule has 0 radical (unpaired) electrons. The summed E-state index contributed by atoms with van der Waals surface area (Å²) in [5.74, 6) is 0.813. The number of hydrogen-bond donors (Lipinski definition) is 0. The summed E-state index contributed by atoms with van der Waals surface area (Å²) in [6, 6.07) is 18.3. The van der Waals surface area contributed by atoms with E-state index in [0.29, 0.717) is 11.4 Å². The average molecular weight is 425 g/mol. The van der Waals surface area contributed by atoms with Crippen LogP contribution in [0.25, 0.3) is 10.8 Å². The summed E-state index contributed by atoms with van der Waals surface area (Å²) in [7, 11) is 0.453. The smallest absolute Gasteiger partial charge is 0.244 e. The molecule has 2 aliphatic rings. The Morgan fingerprint density at radius 2 is 1.79 bits per heavy atom. The molecule has 5 rings (SSSR count). The van der Waals surface area contributed by atoms with Gasteiger partial charge >= 0.3 is 0 Å². The highest BCUT2D eigenvalue weighted by atomic mass is 32.2. The number of sulfonamides is 1. The van der Waals surface area contributed by atoms with E-state index in [0.717, 1.165) is 46.2 Å². The van der Waals surface area contributed by atoms with Gasteiger partial charge in [-0.25, -0.2) is 8.42 Å². The van der Waals surface area contributed by atoms with Crippen molar-refractivity contribution in [2.24, 2.45) is 0 Å². The fourth-order valence-corrected chi connectivity index (χ4v) is 8.00. The quantitative estimate of drug-likeness (QED) is 0.621. The van der Waals surface area contributed by atoms with Crippen molar-refractivity contribution in [3.63, 3.8) is 0 Å². The van der Waals surface area contributed by atoms with Gasteiger partial charge in [-0.2, -0.15) is 4.31 Å². The minimum Gasteiger partial charge on any atom is -0.378 e. The van der Waals surface area contributed by atoms with Crippen molar-refractivity contribution in [2.45, 2.75) is 23.1 Å². The van der Waals surface area contributed by atoms with Gasteiger partial charge in [-0.3, -0.25) is 0 Å². The third kappa shape index (κ3) is 3.05. The Hall–Kier alpha value is -2.02. The van der Waals surface area contributed by atoms with Gasteiger partial charge in [-0.1, -0.05) is 36.4 Å². The van der Waals surface area contributed by atoms with E-state index in [1.165, 1.54) is 5.56 Å². The van der Waals surface area contributed by atoms with Gasteiger partial charge in [-0.05, 0) is 58.5 Å². The second-order valence-corrected chi connectivity index (χ2v) is 10.9. The Balaban J connectivity index is 1.56. The molecule has 0 amide bonds. The van der Waals surface area contributed by atoms with Crippen LogP contribution in [0.5, 0.6) is 0 Å². The molecule has 0 saturated carbocycles. The predicted octanol–water partition coefficient (Wildman–Crippen LogP) is 4.44. The lowest BCUT2D eigenvalue weighted by Crippen LogP contribution is -2.31. The molecule has 4 nitrogen and oxygen atoms in total. The molecular weight excluding hydrogens is 400 g/mol. The third-order valence-electron chi connectivity index (χ3n) is 5.97. The normalized spacial score (nSPS) is 19.2. The number of hydrogen-bond acceptors (Lipinski definition) is 4. The minimum absolute atomic E-state index is 0.171. The zero-order valence-electron chi connectivity index (χ0n) is 16.6. The van der Waals surface area contributed by atoms with Crippen LogP contribution in [0.1, 0.15) is 22.1 Å². The van der Waals surface area contributed by atoms with Gasteiger partial charge in [0.05, 0.1) is 10.3 Å². The van der Waals surface area contributed by atoms with E-state index < -0.39 is 10.0 Å². The average Bonchev–Trinajstić information content (AvgIpc) is 3.38. The molecule has 1 aliphatic carbocycles. The Labute approximate surface area is 176 Å². The molecule has 1 atom stereocenters. The fourth-order valence-electron chi connectivity index (χ4n) is 4.50. The highest BCUT2D eigenvalue weighted by molar-refractivity contribution is 8.01. The Morgan fingerprint density at radius 1 is 1.00 bits per heavy atom. The highest BCUT2D eigenvalue weighted by Crippen LogP contribution is 2.44. The summed E-state index contributed by atoms with van der Waals surface area (Å²) in [6.07, 6.45) is 1.72.